The van der Waals surface area contributed by atoms with Crippen molar-refractivity contribution in [3.05, 3.63) is 11.9 Å². The van der Waals surface area contributed by atoms with Crippen molar-refractivity contribution in [2.24, 2.45) is 0 Å². The van der Waals surface area contributed by atoms with Gasteiger partial charge in [-0.3, -0.25) is 5.10 Å². The van der Waals surface area contributed by atoms with E-state index in [1.165, 1.54) is 0 Å². The molecule has 84 valence electrons. The van der Waals surface area contributed by atoms with Crippen LogP contribution in [0.5, 0.6) is 5.75 Å². The predicted octanol–water partition coefficient (Wildman–Crippen LogP) is 1.14. The first kappa shape index (κ1) is 10.4. The Kier molecular flexibility index (Phi) is 2.90. The molecule has 0 spiro atoms. The van der Waals surface area contributed by atoms with Crippen molar-refractivity contribution in [1.82, 2.24) is 15.1 Å². The van der Waals surface area contributed by atoms with E-state index in [1.54, 1.807) is 6.20 Å². The highest BCUT2D eigenvalue weighted by Crippen LogP contribution is 2.21. The average molecular weight is 213 g/mol. The summed E-state index contributed by atoms with van der Waals surface area (Å²) >= 11 is 0. The third kappa shape index (κ3) is 2.28. The minimum Gasteiger partial charge on any atom is -0.484 e. The maximum absolute atomic E-state index is 13.6. The molecule has 0 bridgehead atoms. The minimum absolute atomic E-state index is 0.336. The average Bonchev–Trinajstić information content (AvgIpc) is 2.57. The molecule has 1 aromatic heterocycles. The lowest BCUT2D eigenvalue weighted by molar-refractivity contribution is 0.0310. The standard InChI is InChI=1S/C10H16FN3O/c1-7-10(5-12-13-7)15-9-3-4-14(2)6-8(9)11/h5,8-9H,3-4,6H2,1-2H3,(H,12,13)/t8-,9+/m0/s1. The number of halogens is 1. The Morgan fingerprint density at radius 3 is 3.07 bits per heavy atom. The molecule has 0 aromatic carbocycles. The summed E-state index contributed by atoms with van der Waals surface area (Å²) in [6.07, 6.45) is 1.07. The van der Waals surface area contributed by atoms with Crippen LogP contribution in [0.3, 0.4) is 0 Å². The maximum Gasteiger partial charge on any atom is 0.160 e. The molecule has 1 aliphatic rings. The number of rotatable bonds is 2. The molecule has 5 heteroatoms. The predicted molar refractivity (Wildman–Crippen MR) is 54.8 cm³/mol. The van der Waals surface area contributed by atoms with Gasteiger partial charge in [-0.05, 0) is 20.4 Å². The Morgan fingerprint density at radius 2 is 2.47 bits per heavy atom. The number of H-pyrrole nitrogens is 1. The van der Waals surface area contributed by atoms with Crippen LogP contribution in [0, 0.1) is 6.92 Å². The summed E-state index contributed by atoms with van der Waals surface area (Å²) in [5, 5.41) is 6.62. The number of nitrogens with zero attached hydrogens (tertiary/aromatic N) is 2. The monoisotopic (exact) mass is 213 g/mol. The van der Waals surface area contributed by atoms with Crippen molar-refractivity contribution in [1.29, 1.82) is 0 Å². The highest BCUT2D eigenvalue weighted by atomic mass is 19.1. The maximum atomic E-state index is 13.6. The van der Waals surface area contributed by atoms with E-state index in [0.717, 1.165) is 18.7 Å². The Bertz CT molecular complexity index is 328. The van der Waals surface area contributed by atoms with Crippen LogP contribution in [0.15, 0.2) is 6.20 Å². The second-order valence-electron chi connectivity index (χ2n) is 4.08. The van der Waals surface area contributed by atoms with Gasteiger partial charge in [-0.2, -0.15) is 5.10 Å². The molecule has 2 heterocycles. The van der Waals surface area contributed by atoms with Crippen molar-refractivity contribution < 1.29 is 9.13 Å². The van der Waals surface area contributed by atoms with Crippen molar-refractivity contribution in [3.8, 4) is 5.75 Å². The van der Waals surface area contributed by atoms with Gasteiger partial charge in [0.2, 0.25) is 0 Å². The van der Waals surface area contributed by atoms with Crippen LogP contribution in [0.2, 0.25) is 0 Å². The van der Waals surface area contributed by atoms with Crippen molar-refractivity contribution in [2.45, 2.75) is 25.6 Å². The summed E-state index contributed by atoms with van der Waals surface area (Å²) in [5.74, 6) is 0.659. The molecule has 0 saturated carbocycles. The van der Waals surface area contributed by atoms with Gasteiger partial charge in [-0.15, -0.1) is 0 Å². The second-order valence-corrected chi connectivity index (χ2v) is 4.08. The first-order valence-corrected chi connectivity index (χ1v) is 5.16. The largest absolute Gasteiger partial charge is 0.484 e. The fourth-order valence-corrected chi connectivity index (χ4v) is 1.79. The molecule has 1 fully saturated rings. The topological polar surface area (TPSA) is 41.1 Å². The summed E-state index contributed by atoms with van der Waals surface area (Å²) < 4.78 is 19.2. The van der Waals surface area contributed by atoms with Gasteiger partial charge < -0.3 is 9.64 Å². The van der Waals surface area contributed by atoms with Crippen LogP contribution in [-0.4, -0.2) is 47.5 Å². The quantitative estimate of drug-likeness (QED) is 0.801. The fraction of sp³-hybridized carbons (Fsp3) is 0.700. The SMILES string of the molecule is Cc1[nH]ncc1O[C@@H]1CCN(C)C[C@@H]1F. The summed E-state index contributed by atoms with van der Waals surface area (Å²) in [6, 6.07) is 0. The van der Waals surface area contributed by atoms with E-state index in [4.69, 9.17) is 4.74 Å². The normalized spacial score (nSPS) is 27.9. The number of alkyl halides is 1. The highest BCUT2D eigenvalue weighted by Gasteiger charge is 2.29. The van der Waals surface area contributed by atoms with E-state index in [-0.39, 0.29) is 6.10 Å². The Morgan fingerprint density at radius 1 is 1.67 bits per heavy atom. The van der Waals surface area contributed by atoms with Gasteiger partial charge in [0.15, 0.2) is 5.75 Å². The lowest BCUT2D eigenvalue weighted by Crippen LogP contribution is -2.45. The number of aryl methyl sites for hydroxylation is 1. The molecule has 1 N–H and O–H groups in total. The molecular formula is C10H16FN3O. The lowest BCUT2D eigenvalue weighted by Gasteiger charge is -2.32. The summed E-state index contributed by atoms with van der Waals surface area (Å²) in [7, 11) is 1.92. The molecule has 0 aliphatic carbocycles. The Labute approximate surface area is 88.4 Å². The number of likely N-dealkylation sites (tertiary alicyclic amines) is 1. The fourth-order valence-electron chi connectivity index (χ4n) is 1.79. The van der Waals surface area contributed by atoms with Gasteiger partial charge in [0, 0.05) is 13.1 Å². The van der Waals surface area contributed by atoms with Gasteiger partial charge in [-0.1, -0.05) is 0 Å². The molecule has 4 nitrogen and oxygen atoms in total. The highest BCUT2D eigenvalue weighted by molar-refractivity contribution is 5.22. The van der Waals surface area contributed by atoms with Crippen LogP contribution in [-0.2, 0) is 0 Å². The van der Waals surface area contributed by atoms with E-state index in [0.29, 0.717) is 12.3 Å². The zero-order chi connectivity index (χ0) is 10.8. The number of piperidine rings is 1. The molecule has 1 saturated heterocycles. The molecule has 1 aromatic rings. The number of aromatic amines is 1. The number of nitrogens with one attached hydrogen (secondary N) is 1. The molecule has 0 radical (unpaired) electrons. The van der Waals surface area contributed by atoms with Crippen molar-refractivity contribution in [2.75, 3.05) is 20.1 Å². The molecule has 15 heavy (non-hydrogen) atoms. The van der Waals surface area contributed by atoms with E-state index >= 15 is 0 Å². The van der Waals surface area contributed by atoms with Crippen molar-refractivity contribution in [3.63, 3.8) is 0 Å². The van der Waals surface area contributed by atoms with Gasteiger partial charge in [0.25, 0.3) is 0 Å². The van der Waals surface area contributed by atoms with Crippen LogP contribution in [0.25, 0.3) is 0 Å². The minimum atomic E-state index is -0.918. The number of hydrogen-bond acceptors (Lipinski definition) is 3. The molecule has 2 atom stereocenters. The van der Waals surface area contributed by atoms with E-state index < -0.39 is 6.17 Å². The number of hydrogen-bond donors (Lipinski definition) is 1. The number of aromatic nitrogens is 2. The number of ether oxygens (including phenoxy) is 1. The first-order chi connectivity index (χ1) is 7.16. The van der Waals surface area contributed by atoms with Gasteiger partial charge >= 0.3 is 0 Å². The van der Waals surface area contributed by atoms with Crippen LogP contribution in [0.4, 0.5) is 4.39 Å². The van der Waals surface area contributed by atoms with E-state index in [2.05, 4.69) is 10.2 Å². The molecule has 0 amide bonds. The van der Waals surface area contributed by atoms with Crippen LogP contribution >= 0.6 is 0 Å². The molecule has 0 unspecified atom stereocenters. The zero-order valence-corrected chi connectivity index (χ0v) is 9.03. The van der Waals surface area contributed by atoms with Crippen molar-refractivity contribution >= 4 is 0 Å². The Balaban J connectivity index is 1.98. The summed E-state index contributed by atoms with van der Waals surface area (Å²) in [5.41, 5.74) is 0.848. The Hall–Kier alpha value is -1.10. The molecule has 2 rings (SSSR count). The van der Waals surface area contributed by atoms with Crippen LogP contribution in [0.1, 0.15) is 12.1 Å². The third-order valence-corrected chi connectivity index (χ3v) is 2.75. The van der Waals surface area contributed by atoms with Gasteiger partial charge in [-0.25, -0.2) is 4.39 Å². The zero-order valence-electron chi connectivity index (χ0n) is 9.03. The van der Waals surface area contributed by atoms with Gasteiger partial charge in [0.1, 0.15) is 12.3 Å². The molecule has 1 aliphatic heterocycles. The third-order valence-electron chi connectivity index (χ3n) is 2.75. The van der Waals surface area contributed by atoms with Crippen LogP contribution < -0.4 is 4.74 Å². The van der Waals surface area contributed by atoms with E-state index in [1.807, 2.05) is 18.9 Å². The second kappa shape index (κ2) is 4.18. The lowest BCUT2D eigenvalue weighted by atomic mass is 10.1. The smallest absolute Gasteiger partial charge is 0.160 e. The molecular weight excluding hydrogens is 197 g/mol. The van der Waals surface area contributed by atoms with Gasteiger partial charge in [0.05, 0.1) is 11.9 Å². The van der Waals surface area contributed by atoms with E-state index in [9.17, 15) is 4.39 Å². The summed E-state index contributed by atoms with van der Waals surface area (Å²) in [6.45, 7) is 3.19. The first-order valence-electron chi connectivity index (χ1n) is 5.16. The summed E-state index contributed by atoms with van der Waals surface area (Å²) in [4.78, 5) is 1.98.